The van der Waals surface area contributed by atoms with Gasteiger partial charge >= 0.3 is 0 Å². The molecule has 0 aromatic heterocycles. The molecule has 1 aliphatic rings. The lowest BCUT2D eigenvalue weighted by molar-refractivity contribution is 0.357. The van der Waals surface area contributed by atoms with Crippen LogP contribution >= 0.6 is 0 Å². The maximum absolute atomic E-state index is 6.23. The van der Waals surface area contributed by atoms with Crippen molar-refractivity contribution in [3.63, 3.8) is 0 Å². The molecule has 2 N–H and O–H groups in total. The fraction of sp³-hybridized carbons (Fsp3) is 0.667. The van der Waals surface area contributed by atoms with E-state index in [-0.39, 0.29) is 5.54 Å². The first kappa shape index (κ1) is 15.4. The summed E-state index contributed by atoms with van der Waals surface area (Å²) in [5.41, 5.74) is 10.4. The molecule has 1 fully saturated rings. The van der Waals surface area contributed by atoms with Crippen molar-refractivity contribution in [3.8, 4) is 0 Å². The van der Waals surface area contributed by atoms with Crippen molar-refractivity contribution in [2.24, 2.45) is 11.7 Å². The van der Waals surface area contributed by atoms with Crippen molar-refractivity contribution in [2.75, 3.05) is 18.5 Å². The number of benzene rings is 1. The number of anilines is 1. The van der Waals surface area contributed by atoms with Crippen LogP contribution in [0.2, 0.25) is 0 Å². The smallest absolute Gasteiger partial charge is 0.0521 e. The fourth-order valence-corrected chi connectivity index (χ4v) is 3.66. The second kappa shape index (κ2) is 6.17. The van der Waals surface area contributed by atoms with Crippen LogP contribution in [0.3, 0.4) is 0 Å². The molecule has 20 heavy (non-hydrogen) atoms. The molecule has 0 heterocycles. The van der Waals surface area contributed by atoms with Gasteiger partial charge in [0, 0.05) is 19.3 Å². The van der Waals surface area contributed by atoms with E-state index in [1.807, 2.05) is 0 Å². The van der Waals surface area contributed by atoms with Crippen LogP contribution in [0.1, 0.15) is 50.2 Å². The average Bonchev–Trinajstić information content (AvgIpc) is 2.59. The Bertz CT molecular complexity index is 434. The summed E-state index contributed by atoms with van der Waals surface area (Å²) >= 11 is 0. The van der Waals surface area contributed by atoms with E-state index in [0.717, 1.165) is 12.5 Å². The predicted octanol–water partition coefficient (Wildman–Crippen LogP) is 4.04. The lowest BCUT2D eigenvalue weighted by atomic mass is 9.87. The van der Waals surface area contributed by atoms with Crippen LogP contribution in [0.5, 0.6) is 0 Å². The maximum atomic E-state index is 6.23. The molecule has 0 aliphatic heterocycles. The van der Waals surface area contributed by atoms with Crippen LogP contribution in [0.15, 0.2) is 18.2 Å². The molecule has 2 unspecified atom stereocenters. The van der Waals surface area contributed by atoms with Gasteiger partial charge in [-0.2, -0.15) is 0 Å². The zero-order valence-corrected chi connectivity index (χ0v) is 13.6. The van der Waals surface area contributed by atoms with E-state index >= 15 is 0 Å². The van der Waals surface area contributed by atoms with E-state index in [1.165, 1.54) is 48.9 Å². The Kier molecular flexibility index (Phi) is 4.74. The Morgan fingerprint density at radius 2 is 1.80 bits per heavy atom. The summed E-state index contributed by atoms with van der Waals surface area (Å²) in [6.45, 7) is 7.48. The SMILES string of the molecule is Cc1cc(C)cc(N(C)C2(CN)CCCC(C)CC2)c1. The highest BCUT2D eigenvalue weighted by atomic mass is 15.2. The molecular weight excluding hydrogens is 244 g/mol. The van der Waals surface area contributed by atoms with Crippen molar-refractivity contribution in [1.82, 2.24) is 0 Å². The third-order valence-corrected chi connectivity index (χ3v) is 5.13. The van der Waals surface area contributed by atoms with Crippen LogP contribution in [-0.2, 0) is 0 Å². The minimum atomic E-state index is 0.144. The normalized spacial score (nSPS) is 27.1. The van der Waals surface area contributed by atoms with E-state index in [4.69, 9.17) is 5.73 Å². The molecule has 1 aromatic rings. The van der Waals surface area contributed by atoms with Crippen LogP contribution in [0, 0.1) is 19.8 Å². The monoisotopic (exact) mass is 274 g/mol. The Balaban J connectivity index is 2.29. The van der Waals surface area contributed by atoms with Crippen molar-refractivity contribution < 1.29 is 0 Å². The Morgan fingerprint density at radius 3 is 2.40 bits per heavy atom. The standard InChI is InChI=1S/C18H30N2/c1-14-6-5-8-18(13-19,9-7-14)20(4)17-11-15(2)10-16(3)12-17/h10-12,14H,5-9,13,19H2,1-4H3. The molecule has 0 amide bonds. The molecule has 2 nitrogen and oxygen atoms in total. The number of aryl methyl sites for hydroxylation is 2. The summed E-state index contributed by atoms with van der Waals surface area (Å²) < 4.78 is 0. The van der Waals surface area contributed by atoms with Crippen molar-refractivity contribution in [2.45, 2.75) is 58.4 Å². The Labute approximate surface area is 124 Å². The van der Waals surface area contributed by atoms with Gasteiger partial charge in [0.15, 0.2) is 0 Å². The summed E-state index contributed by atoms with van der Waals surface area (Å²) in [4.78, 5) is 2.46. The number of rotatable bonds is 3. The molecule has 1 aliphatic carbocycles. The van der Waals surface area contributed by atoms with Gasteiger partial charge in [-0.1, -0.05) is 25.8 Å². The van der Waals surface area contributed by atoms with E-state index in [0.29, 0.717) is 0 Å². The van der Waals surface area contributed by atoms with Gasteiger partial charge in [-0.3, -0.25) is 0 Å². The largest absolute Gasteiger partial charge is 0.368 e. The molecule has 2 heteroatoms. The molecule has 0 saturated heterocycles. The van der Waals surface area contributed by atoms with Crippen LogP contribution in [0.25, 0.3) is 0 Å². The van der Waals surface area contributed by atoms with Gasteiger partial charge in [0.25, 0.3) is 0 Å². The van der Waals surface area contributed by atoms with E-state index in [2.05, 4.69) is 50.9 Å². The van der Waals surface area contributed by atoms with Crippen LogP contribution in [-0.4, -0.2) is 19.1 Å². The van der Waals surface area contributed by atoms with E-state index < -0.39 is 0 Å². The van der Waals surface area contributed by atoms with Gasteiger partial charge in [-0.15, -0.1) is 0 Å². The molecule has 0 bridgehead atoms. The Morgan fingerprint density at radius 1 is 1.15 bits per heavy atom. The van der Waals surface area contributed by atoms with Crippen molar-refractivity contribution in [1.29, 1.82) is 0 Å². The highest BCUT2D eigenvalue weighted by molar-refractivity contribution is 5.52. The molecule has 2 atom stereocenters. The summed E-state index contributed by atoms with van der Waals surface area (Å²) in [7, 11) is 2.23. The van der Waals surface area contributed by atoms with Crippen molar-refractivity contribution >= 4 is 5.69 Å². The van der Waals surface area contributed by atoms with Crippen molar-refractivity contribution in [3.05, 3.63) is 29.3 Å². The van der Waals surface area contributed by atoms with Gasteiger partial charge in [-0.25, -0.2) is 0 Å². The lowest BCUT2D eigenvalue weighted by Crippen LogP contribution is -2.52. The molecule has 1 saturated carbocycles. The number of hydrogen-bond donors (Lipinski definition) is 1. The third-order valence-electron chi connectivity index (χ3n) is 5.13. The minimum absolute atomic E-state index is 0.144. The maximum Gasteiger partial charge on any atom is 0.0521 e. The van der Waals surface area contributed by atoms with Crippen LogP contribution in [0.4, 0.5) is 5.69 Å². The van der Waals surface area contributed by atoms with Crippen LogP contribution < -0.4 is 10.6 Å². The minimum Gasteiger partial charge on any atom is -0.368 e. The van der Waals surface area contributed by atoms with Gasteiger partial charge in [0.2, 0.25) is 0 Å². The average molecular weight is 274 g/mol. The molecule has 112 valence electrons. The highest BCUT2D eigenvalue weighted by Crippen LogP contribution is 2.36. The fourth-order valence-electron chi connectivity index (χ4n) is 3.66. The highest BCUT2D eigenvalue weighted by Gasteiger charge is 2.35. The predicted molar refractivity (Wildman–Crippen MR) is 88.4 cm³/mol. The first-order valence-corrected chi connectivity index (χ1v) is 7.99. The molecule has 2 rings (SSSR count). The third kappa shape index (κ3) is 3.17. The van der Waals surface area contributed by atoms with E-state index in [9.17, 15) is 0 Å². The molecule has 0 radical (unpaired) electrons. The number of nitrogens with zero attached hydrogens (tertiary/aromatic N) is 1. The first-order valence-electron chi connectivity index (χ1n) is 7.99. The molecule has 1 aromatic carbocycles. The quantitative estimate of drug-likeness (QED) is 0.843. The number of hydrogen-bond acceptors (Lipinski definition) is 2. The first-order chi connectivity index (χ1) is 9.47. The summed E-state index contributed by atoms with van der Waals surface area (Å²) in [6.07, 6.45) is 6.38. The second-order valence-corrected chi connectivity index (χ2v) is 6.87. The van der Waals surface area contributed by atoms with Gasteiger partial charge in [0.05, 0.1) is 5.54 Å². The number of nitrogens with two attached hydrogens (primary N) is 1. The topological polar surface area (TPSA) is 29.3 Å². The summed E-state index contributed by atoms with van der Waals surface area (Å²) in [5.74, 6) is 0.844. The zero-order valence-electron chi connectivity index (χ0n) is 13.6. The lowest BCUT2D eigenvalue weighted by Gasteiger charge is -2.43. The van der Waals surface area contributed by atoms with Gasteiger partial charge in [0.1, 0.15) is 0 Å². The zero-order chi connectivity index (χ0) is 14.8. The molecular formula is C18H30N2. The van der Waals surface area contributed by atoms with E-state index in [1.54, 1.807) is 0 Å². The summed E-state index contributed by atoms with van der Waals surface area (Å²) in [5, 5.41) is 0. The summed E-state index contributed by atoms with van der Waals surface area (Å²) in [6, 6.07) is 6.82. The molecule has 0 spiro atoms. The Hall–Kier alpha value is -1.02. The van der Waals surface area contributed by atoms with Gasteiger partial charge < -0.3 is 10.6 Å². The second-order valence-electron chi connectivity index (χ2n) is 6.87. The number of likely N-dealkylation sites (N-methyl/N-ethyl adjacent to an activating group) is 1. The van der Waals surface area contributed by atoms with Gasteiger partial charge in [-0.05, 0) is 62.3 Å².